The van der Waals surface area contributed by atoms with Crippen molar-refractivity contribution in [2.75, 3.05) is 19.6 Å². The van der Waals surface area contributed by atoms with Gasteiger partial charge in [-0.3, -0.25) is 9.78 Å². The average molecular weight is 275 g/mol. The number of carbonyl (C=O) groups is 1. The highest BCUT2D eigenvalue weighted by Crippen LogP contribution is 2.11. The Morgan fingerprint density at radius 3 is 3.00 bits per heavy atom. The Hall–Kier alpha value is -1.42. The van der Waals surface area contributed by atoms with E-state index in [1.807, 2.05) is 17.0 Å². The molecule has 110 valence electrons. The number of pyridine rings is 1. The molecule has 4 nitrogen and oxygen atoms in total. The minimum Gasteiger partial charge on any atom is -0.341 e. The van der Waals surface area contributed by atoms with Crippen molar-refractivity contribution in [3.8, 4) is 0 Å². The van der Waals surface area contributed by atoms with Crippen molar-refractivity contribution in [2.24, 2.45) is 5.92 Å². The summed E-state index contributed by atoms with van der Waals surface area (Å²) in [4.78, 5) is 18.6. The summed E-state index contributed by atoms with van der Waals surface area (Å²) in [6.07, 6.45) is 6.36. The third-order valence-corrected chi connectivity index (χ3v) is 3.62. The van der Waals surface area contributed by atoms with Gasteiger partial charge in [0.1, 0.15) is 0 Å². The maximum absolute atomic E-state index is 12.5. The maximum Gasteiger partial charge on any atom is 0.227 e. The molecule has 4 heteroatoms. The molecule has 1 atom stereocenters. The van der Waals surface area contributed by atoms with Crippen molar-refractivity contribution < 1.29 is 4.79 Å². The topological polar surface area (TPSA) is 45.2 Å². The largest absolute Gasteiger partial charge is 0.341 e. The Balaban J connectivity index is 1.95. The van der Waals surface area contributed by atoms with Crippen LogP contribution in [0.5, 0.6) is 0 Å². The molecule has 1 aromatic heterocycles. The SMILES string of the molecule is CC(C)CN(CC1CCCN1)C(=O)Cc1cccnc1. The summed E-state index contributed by atoms with van der Waals surface area (Å²) in [5, 5.41) is 3.47. The summed E-state index contributed by atoms with van der Waals surface area (Å²) in [5.74, 6) is 0.703. The monoisotopic (exact) mass is 275 g/mol. The zero-order valence-corrected chi connectivity index (χ0v) is 12.5. The quantitative estimate of drug-likeness (QED) is 0.862. The van der Waals surface area contributed by atoms with Gasteiger partial charge in [0.15, 0.2) is 0 Å². The molecule has 1 fully saturated rings. The second-order valence-corrected chi connectivity index (χ2v) is 6.02. The van der Waals surface area contributed by atoms with Gasteiger partial charge in [0, 0.05) is 31.5 Å². The van der Waals surface area contributed by atoms with E-state index in [9.17, 15) is 4.79 Å². The molecule has 0 aromatic carbocycles. The van der Waals surface area contributed by atoms with Gasteiger partial charge >= 0.3 is 0 Å². The van der Waals surface area contributed by atoms with Gasteiger partial charge < -0.3 is 10.2 Å². The zero-order valence-electron chi connectivity index (χ0n) is 12.5. The third-order valence-electron chi connectivity index (χ3n) is 3.62. The van der Waals surface area contributed by atoms with E-state index in [4.69, 9.17) is 0 Å². The van der Waals surface area contributed by atoms with Crippen molar-refractivity contribution in [3.05, 3.63) is 30.1 Å². The molecule has 0 aliphatic carbocycles. The lowest BCUT2D eigenvalue weighted by Gasteiger charge is -2.27. The number of rotatable bonds is 6. The number of hydrogen-bond acceptors (Lipinski definition) is 3. The summed E-state index contributed by atoms with van der Waals surface area (Å²) in [7, 11) is 0. The van der Waals surface area contributed by atoms with Crippen LogP contribution in [0.4, 0.5) is 0 Å². The fourth-order valence-corrected chi connectivity index (χ4v) is 2.69. The van der Waals surface area contributed by atoms with E-state index in [1.165, 1.54) is 12.8 Å². The first kappa shape index (κ1) is 15.0. The summed E-state index contributed by atoms with van der Waals surface area (Å²) in [5.41, 5.74) is 0.991. The van der Waals surface area contributed by atoms with Crippen molar-refractivity contribution in [2.45, 2.75) is 39.2 Å². The average Bonchev–Trinajstić information content (AvgIpc) is 2.91. The van der Waals surface area contributed by atoms with Gasteiger partial charge in [0.05, 0.1) is 6.42 Å². The Kier molecular flexibility index (Phi) is 5.53. The lowest BCUT2D eigenvalue weighted by Crippen LogP contribution is -2.43. The van der Waals surface area contributed by atoms with Crippen molar-refractivity contribution in [3.63, 3.8) is 0 Å². The summed E-state index contributed by atoms with van der Waals surface area (Å²) < 4.78 is 0. The highest BCUT2D eigenvalue weighted by molar-refractivity contribution is 5.78. The first-order chi connectivity index (χ1) is 9.65. The van der Waals surface area contributed by atoms with Gasteiger partial charge in [-0.2, -0.15) is 0 Å². The molecule has 0 saturated carbocycles. The highest BCUT2D eigenvalue weighted by Gasteiger charge is 2.22. The predicted molar refractivity (Wildman–Crippen MR) is 80.4 cm³/mol. The van der Waals surface area contributed by atoms with Crippen molar-refractivity contribution in [1.29, 1.82) is 0 Å². The molecule has 20 heavy (non-hydrogen) atoms. The van der Waals surface area contributed by atoms with Crippen LogP contribution in [-0.2, 0) is 11.2 Å². The van der Waals surface area contributed by atoms with Crippen molar-refractivity contribution in [1.82, 2.24) is 15.2 Å². The fourth-order valence-electron chi connectivity index (χ4n) is 2.69. The Morgan fingerprint density at radius 2 is 2.40 bits per heavy atom. The molecule has 0 bridgehead atoms. The number of aromatic nitrogens is 1. The van der Waals surface area contributed by atoms with E-state index >= 15 is 0 Å². The van der Waals surface area contributed by atoms with Crippen LogP contribution < -0.4 is 5.32 Å². The lowest BCUT2D eigenvalue weighted by atomic mass is 10.1. The van der Waals surface area contributed by atoms with E-state index in [1.54, 1.807) is 12.4 Å². The second-order valence-electron chi connectivity index (χ2n) is 6.02. The first-order valence-corrected chi connectivity index (χ1v) is 7.55. The second kappa shape index (κ2) is 7.39. The molecule has 1 aliphatic heterocycles. The van der Waals surface area contributed by atoms with Crippen molar-refractivity contribution >= 4 is 5.91 Å². The zero-order chi connectivity index (χ0) is 14.4. The van der Waals surface area contributed by atoms with E-state index in [-0.39, 0.29) is 5.91 Å². The molecule has 0 radical (unpaired) electrons. The molecule has 1 N–H and O–H groups in total. The van der Waals surface area contributed by atoms with Gasteiger partial charge in [-0.1, -0.05) is 19.9 Å². The van der Waals surface area contributed by atoms with Crippen LogP contribution in [0.1, 0.15) is 32.3 Å². The molecular formula is C16H25N3O. The summed E-state index contributed by atoms with van der Waals surface area (Å²) >= 11 is 0. The normalized spacial score (nSPS) is 18.4. The molecule has 1 aliphatic rings. The number of amides is 1. The lowest BCUT2D eigenvalue weighted by molar-refractivity contribution is -0.131. The van der Waals surface area contributed by atoms with E-state index in [0.717, 1.165) is 25.2 Å². The van der Waals surface area contributed by atoms with Gasteiger partial charge in [-0.15, -0.1) is 0 Å². The Morgan fingerprint density at radius 1 is 1.55 bits per heavy atom. The predicted octanol–water partition coefficient (Wildman–Crippen LogP) is 1.86. The number of hydrogen-bond donors (Lipinski definition) is 1. The van der Waals surface area contributed by atoms with Crippen LogP contribution in [-0.4, -0.2) is 41.5 Å². The Bertz CT molecular complexity index is 413. The molecule has 0 spiro atoms. The Labute approximate surface area is 121 Å². The van der Waals surface area contributed by atoms with E-state index < -0.39 is 0 Å². The van der Waals surface area contributed by atoms with Crippen LogP contribution in [0, 0.1) is 5.92 Å². The minimum absolute atomic E-state index is 0.209. The third kappa shape index (κ3) is 4.60. The molecule has 2 heterocycles. The number of nitrogens with zero attached hydrogens (tertiary/aromatic N) is 2. The van der Waals surface area contributed by atoms with Crippen LogP contribution >= 0.6 is 0 Å². The molecule has 1 aromatic rings. The van der Waals surface area contributed by atoms with Crippen LogP contribution in [0.25, 0.3) is 0 Å². The molecule has 2 rings (SSSR count). The van der Waals surface area contributed by atoms with Crippen LogP contribution in [0.15, 0.2) is 24.5 Å². The maximum atomic E-state index is 12.5. The molecule has 1 amide bonds. The van der Waals surface area contributed by atoms with Gasteiger partial charge in [0.25, 0.3) is 0 Å². The molecular weight excluding hydrogens is 250 g/mol. The van der Waals surface area contributed by atoms with Crippen LogP contribution in [0.3, 0.4) is 0 Å². The van der Waals surface area contributed by atoms with Gasteiger partial charge in [-0.05, 0) is 36.9 Å². The fraction of sp³-hybridized carbons (Fsp3) is 0.625. The number of carbonyl (C=O) groups excluding carboxylic acids is 1. The van der Waals surface area contributed by atoms with Gasteiger partial charge in [-0.25, -0.2) is 0 Å². The minimum atomic E-state index is 0.209. The first-order valence-electron chi connectivity index (χ1n) is 7.55. The van der Waals surface area contributed by atoms with Gasteiger partial charge in [0.2, 0.25) is 5.91 Å². The highest BCUT2D eigenvalue weighted by atomic mass is 16.2. The van der Waals surface area contributed by atoms with E-state index in [0.29, 0.717) is 18.4 Å². The summed E-state index contributed by atoms with van der Waals surface area (Å²) in [6.45, 7) is 7.06. The van der Waals surface area contributed by atoms with E-state index in [2.05, 4.69) is 24.1 Å². The molecule has 1 saturated heterocycles. The standard InChI is InChI=1S/C16H25N3O/c1-13(2)11-19(12-15-6-4-8-18-15)16(20)9-14-5-3-7-17-10-14/h3,5,7,10,13,15,18H,4,6,8-9,11-12H2,1-2H3. The summed E-state index contributed by atoms with van der Waals surface area (Å²) in [6, 6.07) is 4.31. The number of nitrogens with one attached hydrogen (secondary N) is 1. The smallest absolute Gasteiger partial charge is 0.227 e. The molecule has 1 unspecified atom stereocenters. The van der Waals surface area contributed by atoms with Crippen LogP contribution in [0.2, 0.25) is 0 Å².